The van der Waals surface area contributed by atoms with Gasteiger partial charge in [-0.15, -0.1) is 11.6 Å². The quantitative estimate of drug-likeness (QED) is 0.740. The summed E-state index contributed by atoms with van der Waals surface area (Å²) in [7, 11) is 0. The number of likely N-dealkylation sites (tertiary alicyclic amines) is 1. The van der Waals surface area contributed by atoms with Gasteiger partial charge >= 0.3 is 0 Å². The maximum Gasteiger partial charge on any atom is 0.224 e. The molecule has 1 heterocycles. The molecule has 0 bridgehead atoms. The van der Waals surface area contributed by atoms with Gasteiger partial charge in [-0.3, -0.25) is 4.79 Å². The predicted octanol–water partition coefficient (Wildman–Crippen LogP) is 2.59. The lowest BCUT2D eigenvalue weighted by Gasteiger charge is -2.15. The number of amides is 1. The first-order valence-electron chi connectivity index (χ1n) is 5.68. The summed E-state index contributed by atoms with van der Waals surface area (Å²) in [5.74, 6) is 0.166. The van der Waals surface area contributed by atoms with Crippen molar-refractivity contribution in [1.82, 2.24) is 4.90 Å². The van der Waals surface area contributed by atoms with Gasteiger partial charge in [0.2, 0.25) is 5.91 Å². The SMILES string of the molecule is CCc1ccc(CN2CC(Cl)CC2=O)cc1. The van der Waals surface area contributed by atoms with E-state index in [1.54, 1.807) is 0 Å². The smallest absolute Gasteiger partial charge is 0.224 e. The van der Waals surface area contributed by atoms with Crippen LogP contribution < -0.4 is 0 Å². The van der Waals surface area contributed by atoms with E-state index in [4.69, 9.17) is 11.6 Å². The molecule has 1 unspecified atom stereocenters. The molecule has 0 aliphatic carbocycles. The van der Waals surface area contributed by atoms with Crippen LogP contribution in [0.1, 0.15) is 24.5 Å². The average molecular weight is 238 g/mol. The number of carbonyl (C=O) groups excluding carboxylic acids is 1. The van der Waals surface area contributed by atoms with Crippen LogP contribution in [0.25, 0.3) is 0 Å². The Bertz CT molecular complexity index is 374. The summed E-state index contributed by atoms with van der Waals surface area (Å²) in [6, 6.07) is 8.42. The standard InChI is InChI=1S/C13H16ClNO/c1-2-10-3-5-11(6-4-10)8-15-9-12(14)7-13(15)16/h3-6,12H,2,7-9H2,1H3. The predicted molar refractivity (Wildman–Crippen MR) is 65.5 cm³/mol. The third-order valence-electron chi connectivity index (χ3n) is 2.97. The number of rotatable bonds is 3. The van der Waals surface area contributed by atoms with Crippen LogP contribution in [0.5, 0.6) is 0 Å². The van der Waals surface area contributed by atoms with Gasteiger partial charge in [0.1, 0.15) is 0 Å². The number of nitrogens with zero attached hydrogens (tertiary/aromatic N) is 1. The van der Waals surface area contributed by atoms with Gasteiger partial charge in [-0.2, -0.15) is 0 Å². The molecular formula is C13H16ClNO. The molecule has 0 aromatic heterocycles. The largest absolute Gasteiger partial charge is 0.337 e. The van der Waals surface area contributed by atoms with Crippen LogP contribution in [0.15, 0.2) is 24.3 Å². The zero-order chi connectivity index (χ0) is 11.5. The summed E-state index contributed by atoms with van der Waals surface area (Å²) in [4.78, 5) is 13.4. The molecule has 1 aliphatic rings. The van der Waals surface area contributed by atoms with Gasteiger partial charge in [0.25, 0.3) is 0 Å². The highest BCUT2D eigenvalue weighted by atomic mass is 35.5. The van der Waals surface area contributed by atoms with Crippen molar-refractivity contribution in [2.75, 3.05) is 6.54 Å². The summed E-state index contributed by atoms with van der Waals surface area (Å²) in [6.07, 6.45) is 1.53. The van der Waals surface area contributed by atoms with Gasteiger partial charge in [-0.05, 0) is 17.5 Å². The lowest BCUT2D eigenvalue weighted by Crippen LogP contribution is -2.24. The van der Waals surface area contributed by atoms with Gasteiger partial charge in [0, 0.05) is 19.5 Å². The van der Waals surface area contributed by atoms with E-state index in [1.807, 2.05) is 4.90 Å². The molecule has 1 amide bonds. The van der Waals surface area contributed by atoms with Gasteiger partial charge < -0.3 is 4.90 Å². The molecule has 1 fully saturated rings. The van der Waals surface area contributed by atoms with Crippen LogP contribution in [0.3, 0.4) is 0 Å². The van der Waals surface area contributed by atoms with Crippen molar-refractivity contribution >= 4 is 17.5 Å². The Morgan fingerprint density at radius 1 is 1.31 bits per heavy atom. The lowest BCUT2D eigenvalue weighted by atomic mass is 10.1. The molecule has 16 heavy (non-hydrogen) atoms. The van der Waals surface area contributed by atoms with Gasteiger partial charge in [-0.25, -0.2) is 0 Å². The third kappa shape index (κ3) is 2.56. The molecule has 3 heteroatoms. The highest BCUT2D eigenvalue weighted by molar-refractivity contribution is 6.22. The molecule has 1 aliphatic heterocycles. The van der Waals surface area contributed by atoms with E-state index in [1.165, 1.54) is 11.1 Å². The van der Waals surface area contributed by atoms with Crippen LogP contribution >= 0.6 is 11.6 Å². The molecule has 1 aromatic rings. The van der Waals surface area contributed by atoms with Gasteiger partial charge in [0.05, 0.1) is 5.38 Å². The van der Waals surface area contributed by atoms with Crippen molar-refractivity contribution in [3.05, 3.63) is 35.4 Å². The van der Waals surface area contributed by atoms with Crippen LogP contribution in [-0.4, -0.2) is 22.7 Å². The molecule has 2 nitrogen and oxygen atoms in total. The number of alkyl halides is 1. The first kappa shape index (κ1) is 11.5. The van der Waals surface area contributed by atoms with Crippen LogP contribution in [0, 0.1) is 0 Å². The fourth-order valence-corrected chi connectivity index (χ4v) is 2.28. The number of carbonyl (C=O) groups is 1. The first-order chi connectivity index (χ1) is 7.69. The second-order valence-corrected chi connectivity index (χ2v) is 4.86. The van der Waals surface area contributed by atoms with Crippen molar-refractivity contribution < 1.29 is 4.79 Å². The second kappa shape index (κ2) is 4.88. The number of benzene rings is 1. The van der Waals surface area contributed by atoms with Crippen LogP contribution in [-0.2, 0) is 17.8 Å². The summed E-state index contributed by atoms with van der Waals surface area (Å²) in [5, 5.41) is -0.0117. The fraction of sp³-hybridized carbons (Fsp3) is 0.462. The number of halogens is 1. The molecular weight excluding hydrogens is 222 g/mol. The zero-order valence-corrected chi connectivity index (χ0v) is 10.2. The molecule has 2 rings (SSSR count). The Kier molecular flexibility index (Phi) is 3.49. The van der Waals surface area contributed by atoms with Crippen LogP contribution in [0.4, 0.5) is 0 Å². The van der Waals surface area contributed by atoms with E-state index in [0.717, 1.165) is 6.42 Å². The number of hydrogen-bond acceptors (Lipinski definition) is 1. The van der Waals surface area contributed by atoms with E-state index in [2.05, 4.69) is 31.2 Å². The molecule has 1 atom stereocenters. The molecule has 0 radical (unpaired) electrons. The Morgan fingerprint density at radius 2 is 1.94 bits per heavy atom. The summed E-state index contributed by atoms with van der Waals surface area (Å²) in [5.41, 5.74) is 2.50. The molecule has 86 valence electrons. The van der Waals surface area contributed by atoms with Gasteiger partial charge in [0.15, 0.2) is 0 Å². The Labute approximate surface area is 101 Å². The summed E-state index contributed by atoms with van der Waals surface area (Å²) in [6.45, 7) is 3.50. The van der Waals surface area contributed by atoms with Crippen molar-refractivity contribution in [2.24, 2.45) is 0 Å². The first-order valence-corrected chi connectivity index (χ1v) is 6.12. The minimum atomic E-state index is -0.0117. The number of aryl methyl sites for hydroxylation is 1. The molecule has 1 aromatic carbocycles. The normalized spacial score (nSPS) is 20.5. The molecule has 0 spiro atoms. The Hall–Kier alpha value is -1.02. The molecule has 0 N–H and O–H groups in total. The topological polar surface area (TPSA) is 20.3 Å². The van der Waals surface area contributed by atoms with Crippen molar-refractivity contribution in [1.29, 1.82) is 0 Å². The fourth-order valence-electron chi connectivity index (χ4n) is 1.98. The molecule has 0 saturated carbocycles. The van der Waals surface area contributed by atoms with E-state index in [-0.39, 0.29) is 11.3 Å². The third-order valence-corrected chi connectivity index (χ3v) is 3.26. The minimum absolute atomic E-state index is 0.0117. The Morgan fingerprint density at radius 3 is 2.44 bits per heavy atom. The van der Waals surface area contributed by atoms with Crippen LogP contribution in [0.2, 0.25) is 0 Å². The Balaban J connectivity index is 2.01. The van der Waals surface area contributed by atoms with E-state index in [0.29, 0.717) is 19.5 Å². The molecule has 1 saturated heterocycles. The second-order valence-electron chi connectivity index (χ2n) is 4.25. The zero-order valence-electron chi connectivity index (χ0n) is 9.45. The van der Waals surface area contributed by atoms with Crippen molar-refractivity contribution in [3.8, 4) is 0 Å². The van der Waals surface area contributed by atoms with Gasteiger partial charge in [-0.1, -0.05) is 31.2 Å². The monoisotopic (exact) mass is 237 g/mol. The van der Waals surface area contributed by atoms with E-state index >= 15 is 0 Å². The highest BCUT2D eigenvalue weighted by Gasteiger charge is 2.27. The van der Waals surface area contributed by atoms with Crippen molar-refractivity contribution in [2.45, 2.75) is 31.7 Å². The summed E-state index contributed by atoms with van der Waals surface area (Å²) >= 11 is 5.95. The van der Waals surface area contributed by atoms with Crippen molar-refractivity contribution in [3.63, 3.8) is 0 Å². The average Bonchev–Trinajstić information content (AvgIpc) is 2.59. The maximum atomic E-state index is 11.6. The van der Waals surface area contributed by atoms with E-state index < -0.39 is 0 Å². The number of hydrogen-bond donors (Lipinski definition) is 0. The maximum absolute atomic E-state index is 11.6. The summed E-state index contributed by atoms with van der Waals surface area (Å²) < 4.78 is 0. The lowest BCUT2D eigenvalue weighted by molar-refractivity contribution is -0.128. The van der Waals surface area contributed by atoms with E-state index in [9.17, 15) is 4.79 Å². The minimum Gasteiger partial charge on any atom is -0.337 e. The highest BCUT2D eigenvalue weighted by Crippen LogP contribution is 2.19.